The lowest BCUT2D eigenvalue weighted by molar-refractivity contribution is -0.141. The van der Waals surface area contributed by atoms with E-state index >= 15 is 0 Å². The van der Waals surface area contributed by atoms with Crippen LogP contribution in [0.15, 0.2) is 12.2 Å². The van der Waals surface area contributed by atoms with Gasteiger partial charge >= 0.3 is 5.97 Å². The Hall–Kier alpha value is -0.500. The van der Waals surface area contributed by atoms with Gasteiger partial charge in [-0.05, 0) is 38.5 Å². The largest absolute Gasteiger partial charge is 0.466 e. The Labute approximate surface area is 97.6 Å². The second kappa shape index (κ2) is 11.6. The summed E-state index contributed by atoms with van der Waals surface area (Å²) in [6.45, 7) is 2.00. The Kier molecular flexibility index (Phi) is 11.2. The number of rotatable bonds is 9. The molecule has 0 amide bonds. The van der Waals surface area contributed by atoms with E-state index in [1.165, 1.54) is 13.3 Å². The van der Waals surface area contributed by atoms with Gasteiger partial charge in [0.05, 0.1) is 6.61 Å². The van der Waals surface area contributed by atoms with Crippen molar-refractivity contribution in [2.45, 2.75) is 45.4 Å². The minimum atomic E-state index is -0.184. The van der Waals surface area contributed by atoms with Gasteiger partial charge in [0.2, 0.25) is 0 Å². The summed E-state index contributed by atoms with van der Waals surface area (Å²) in [5.74, 6) is 0.558. The fraction of sp³-hybridized carbons (Fsp3) is 0.750. The van der Waals surface area contributed by atoms with Gasteiger partial charge in [-0.1, -0.05) is 12.2 Å². The summed E-state index contributed by atoms with van der Waals surface area (Å²) in [6, 6.07) is 0. The highest BCUT2D eigenvalue weighted by molar-refractivity contribution is 6.17. The van der Waals surface area contributed by atoms with E-state index in [1.54, 1.807) is 0 Å². The first-order valence-corrected chi connectivity index (χ1v) is 6.15. The summed E-state index contributed by atoms with van der Waals surface area (Å²) in [6.07, 6.45) is 10.9. The first kappa shape index (κ1) is 14.5. The standard InChI is InChI=1S/C12H21ClO2/c1-12(14)15-11-9-7-5-3-2-4-6-8-10-13/h2,4H,3,5-11H2,1H3/b4-2+. The maximum Gasteiger partial charge on any atom is 0.302 e. The molecule has 0 atom stereocenters. The van der Waals surface area contributed by atoms with Crippen LogP contribution in [0.2, 0.25) is 0 Å². The quantitative estimate of drug-likeness (QED) is 0.262. The fourth-order valence-corrected chi connectivity index (χ4v) is 1.34. The zero-order chi connectivity index (χ0) is 11.4. The van der Waals surface area contributed by atoms with E-state index < -0.39 is 0 Å². The van der Waals surface area contributed by atoms with Crippen LogP contribution in [0, 0.1) is 0 Å². The Morgan fingerprint density at radius 1 is 1.13 bits per heavy atom. The second-order valence-corrected chi connectivity index (χ2v) is 3.87. The molecule has 0 aliphatic carbocycles. The van der Waals surface area contributed by atoms with Crippen LogP contribution in [0.25, 0.3) is 0 Å². The van der Waals surface area contributed by atoms with Crippen LogP contribution < -0.4 is 0 Å². The van der Waals surface area contributed by atoms with Crippen LogP contribution in [-0.4, -0.2) is 18.5 Å². The second-order valence-electron chi connectivity index (χ2n) is 3.49. The summed E-state index contributed by atoms with van der Waals surface area (Å²) in [5, 5.41) is 0. The van der Waals surface area contributed by atoms with Gasteiger partial charge in [-0.3, -0.25) is 4.79 Å². The third-order valence-electron chi connectivity index (χ3n) is 1.99. The summed E-state index contributed by atoms with van der Waals surface area (Å²) < 4.78 is 4.83. The maximum atomic E-state index is 10.4. The van der Waals surface area contributed by atoms with Crippen LogP contribution in [0.4, 0.5) is 0 Å². The molecule has 0 aliphatic heterocycles. The van der Waals surface area contributed by atoms with Crippen LogP contribution in [0.3, 0.4) is 0 Å². The van der Waals surface area contributed by atoms with Gasteiger partial charge < -0.3 is 4.74 Å². The van der Waals surface area contributed by atoms with E-state index in [0.717, 1.165) is 38.0 Å². The monoisotopic (exact) mass is 232 g/mol. The molecule has 0 spiro atoms. The predicted octanol–water partition coefficient (Wildman–Crippen LogP) is 3.69. The van der Waals surface area contributed by atoms with Gasteiger partial charge in [0.25, 0.3) is 0 Å². The van der Waals surface area contributed by atoms with Crippen molar-refractivity contribution in [3.8, 4) is 0 Å². The fourth-order valence-electron chi connectivity index (χ4n) is 1.19. The minimum Gasteiger partial charge on any atom is -0.466 e. The van der Waals surface area contributed by atoms with Crippen molar-refractivity contribution < 1.29 is 9.53 Å². The van der Waals surface area contributed by atoms with Crippen molar-refractivity contribution in [3.63, 3.8) is 0 Å². The predicted molar refractivity (Wildman–Crippen MR) is 64.2 cm³/mol. The SMILES string of the molecule is CC(=O)OCCCCC/C=C/CCCCl. The Balaban J connectivity index is 3.04. The number of carbonyl (C=O) groups excluding carboxylic acids is 1. The zero-order valence-electron chi connectivity index (χ0n) is 9.51. The van der Waals surface area contributed by atoms with Crippen LogP contribution in [-0.2, 0) is 9.53 Å². The van der Waals surface area contributed by atoms with E-state index in [0.29, 0.717) is 6.61 Å². The third kappa shape index (κ3) is 13.5. The van der Waals surface area contributed by atoms with Crippen molar-refractivity contribution in [1.82, 2.24) is 0 Å². The molecule has 0 N–H and O–H groups in total. The third-order valence-corrected chi connectivity index (χ3v) is 2.26. The summed E-state index contributed by atoms with van der Waals surface area (Å²) in [5.41, 5.74) is 0. The molecule has 0 fully saturated rings. The first-order chi connectivity index (χ1) is 7.27. The lowest BCUT2D eigenvalue weighted by Gasteiger charge is -2.00. The molecular weight excluding hydrogens is 212 g/mol. The lowest BCUT2D eigenvalue weighted by atomic mass is 10.2. The number of unbranched alkanes of at least 4 members (excludes halogenated alkanes) is 4. The van der Waals surface area contributed by atoms with Crippen LogP contribution in [0.1, 0.15) is 45.4 Å². The molecule has 0 aromatic carbocycles. The highest BCUT2D eigenvalue weighted by Crippen LogP contribution is 2.02. The number of ether oxygens (including phenoxy) is 1. The molecule has 0 aromatic rings. The average molecular weight is 233 g/mol. The van der Waals surface area contributed by atoms with E-state index in [9.17, 15) is 4.79 Å². The maximum absolute atomic E-state index is 10.4. The molecule has 0 heterocycles. The first-order valence-electron chi connectivity index (χ1n) is 5.61. The highest BCUT2D eigenvalue weighted by atomic mass is 35.5. The average Bonchev–Trinajstić information content (AvgIpc) is 2.20. The van der Waals surface area contributed by atoms with Crippen LogP contribution >= 0.6 is 11.6 Å². The molecule has 88 valence electrons. The van der Waals surface area contributed by atoms with E-state index in [4.69, 9.17) is 16.3 Å². The van der Waals surface area contributed by atoms with E-state index in [2.05, 4.69) is 12.2 Å². The molecule has 15 heavy (non-hydrogen) atoms. The smallest absolute Gasteiger partial charge is 0.302 e. The number of hydrogen-bond donors (Lipinski definition) is 0. The molecule has 0 saturated heterocycles. The van der Waals surface area contributed by atoms with Crippen molar-refractivity contribution in [3.05, 3.63) is 12.2 Å². The van der Waals surface area contributed by atoms with Gasteiger partial charge in [0.1, 0.15) is 0 Å². The molecule has 0 unspecified atom stereocenters. The highest BCUT2D eigenvalue weighted by Gasteiger charge is 1.92. The summed E-state index contributed by atoms with van der Waals surface area (Å²) >= 11 is 5.55. The van der Waals surface area contributed by atoms with Crippen molar-refractivity contribution in [1.29, 1.82) is 0 Å². The molecule has 0 saturated carbocycles. The van der Waals surface area contributed by atoms with Crippen LogP contribution in [0.5, 0.6) is 0 Å². The minimum absolute atomic E-state index is 0.184. The molecule has 0 aliphatic rings. The molecule has 0 bridgehead atoms. The Morgan fingerprint density at radius 2 is 1.80 bits per heavy atom. The van der Waals surface area contributed by atoms with Gasteiger partial charge in [-0.15, -0.1) is 11.6 Å². The molecule has 0 rings (SSSR count). The number of alkyl halides is 1. The van der Waals surface area contributed by atoms with Crippen molar-refractivity contribution in [2.75, 3.05) is 12.5 Å². The molecule has 0 aromatic heterocycles. The Morgan fingerprint density at radius 3 is 2.40 bits per heavy atom. The number of esters is 1. The number of hydrogen-bond acceptors (Lipinski definition) is 2. The summed E-state index contributed by atoms with van der Waals surface area (Å²) in [4.78, 5) is 10.4. The topological polar surface area (TPSA) is 26.3 Å². The van der Waals surface area contributed by atoms with E-state index in [-0.39, 0.29) is 5.97 Å². The number of carbonyl (C=O) groups is 1. The van der Waals surface area contributed by atoms with Crippen molar-refractivity contribution >= 4 is 17.6 Å². The number of halogens is 1. The van der Waals surface area contributed by atoms with Crippen molar-refractivity contribution in [2.24, 2.45) is 0 Å². The Bertz CT molecular complexity index is 178. The molecule has 3 heteroatoms. The van der Waals surface area contributed by atoms with Gasteiger partial charge in [0.15, 0.2) is 0 Å². The van der Waals surface area contributed by atoms with Gasteiger partial charge in [-0.2, -0.15) is 0 Å². The zero-order valence-corrected chi connectivity index (χ0v) is 10.3. The van der Waals surface area contributed by atoms with Gasteiger partial charge in [0, 0.05) is 12.8 Å². The lowest BCUT2D eigenvalue weighted by Crippen LogP contribution is -1.99. The normalized spacial score (nSPS) is 10.8. The molecule has 0 radical (unpaired) electrons. The number of allylic oxidation sites excluding steroid dienone is 2. The van der Waals surface area contributed by atoms with E-state index in [1.807, 2.05) is 0 Å². The molecular formula is C12H21ClO2. The summed E-state index contributed by atoms with van der Waals surface area (Å²) in [7, 11) is 0. The molecule has 2 nitrogen and oxygen atoms in total. The van der Waals surface area contributed by atoms with Gasteiger partial charge in [-0.25, -0.2) is 0 Å².